The van der Waals surface area contributed by atoms with Crippen LogP contribution in [0.4, 0.5) is 0 Å². The van der Waals surface area contributed by atoms with Gasteiger partial charge >= 0.3 is 0 Å². The first-order chi connectivity index (χ1) is 31.2. The van der Waals surface area contributed by atoms with Gasteiger partial charge in [-0.05, 0) is 71.6 Å². The number of rotatable bonds is 16. The molecule has 2 unspecified atom stereocenters. The van der Waals surface area contributed by atoms with Gasteiger partial charge in [0.2, 0.25) is 0 Å². The van der Waals surface area contributed by atoms with Crippen LogP contribution in [-0.4, -0.2) is 29.8 Å². The summed E-state index contributed by atoms with van der Waals surface area (Å²) in [4.78, 5) is 0. The minimum atomic E-state index is -3.00. The fourth-order valence-electron chi connectivity index (χ4n) is 10.8. The van der Waals surface area contributed by atoms with Gasteiger partial charge in [-0.3, -0.25) is 0 Å². The zero-order valence-corrected chi connectivity index (χ0v) is 37.5. The van der Waals surface area contributed by atoms with Crippen LogP contribution in [0.2, 0.25) is 0 Å². The smallest absolute Gasteiger partial charge is 0.288 e. The zero-order valence-electron chi connectivity index (χ0n) is 35.5. The summed E-state index contributed by atoms with van der Waals surface area (Å²) in [6, 6.07) is 84.0. The SMILES string of the molecule is C1=CC(C(CCO[Si](c2ccccc2)(c2ccccc2)c2ccccc2)(CCO[Si](c2ccccc2)(c2ccccc2)c2ccccc2)C2C=Cc3ccccc32)c2ccccc21. The van der Waals surface area contributed by atoms with Crippen LogP contribution in [0.3, 0.4) is 0 Å². The quantitative estimate of drug-likeness (QED) is 0.0713. The molecule has 0 heterocycles. The molecule has 0 saturated carbocycles. The van der Waals surface area contributed by atoms with Crippen LogP contribution in [0.15, 0.2) is 243 Å². The maximum atomic E-state index is 7.85. The van der Waals surface area contributed by atoms with E-state index in [1.165, 1.54) is 53.4 Å². The van der Waals surface area contributed by atoms with E-state index in [9.17, 15) is 0 Å². The largest absolute Gasteiger partial charge is 0.404 e. The Morgan fingerprint density at radius 1 is 0.317 bits per heavy atom. The lowest BCUT2D eigenvalue weighted by Gasteiger charge is -2.46. The van der Waals surface area contributed by atoms with Crippen LogP contribution in [0.5, 0.6) is 0 Å². The monoisotopic (exact) mass is 848 g/mol. The second-order valence-electron chi connectivity index (χ2n) is 16.9. The van der Waals surface area contributed by atoms with Crippen LogP contribution in [-0.2, 0) is 8.85 Å². The first-order valence-electron chi connectivity index (χ1n) is 22.4. The topological polar surface area (TPSA) is 18.5 Å². The molecule has 0 spiro atoms. The molecule has 0 N–H and O–H groups in total. The van der Waals surface area contributed by atoms with Crippen molar-refractivity contribution in [2.75, 3.05) is 13.2 Å². The molecule has 308 valence electrons. The second-order valence-corrected chi connectivity index (χ2v) is 23.7. The van der Waals surface area contributed by atoms with Crippen molar-refractivity contribution < 1.29 is 8.85 Å². The van der Waals surface area contributed by atoms with Crippen LogP contribution in [0.1, 0.15) is 46.9 Å². The van der Waals surface area contributed by atoms with E-state index in [1.807, 2.05) is 0 Å². The summed E-state index contributed by atoms with van der Waals surface area (Å²) in [7, 11) is -6.00. The average Bonchev–Trinajstić information content (AvgIpc) is 4.01. The molecule has 63 heavy (non-hydrogen) atoms. The molecule has 8 aromatic rings. The Hall–Kier alpha value is -6.41. The molecule has 0 aromatic heterocycles. The highest BCUT2D eigenvalue weighted by Gasteiger charge is 2.50. The van der Waals surface area contributed by atoms with Crippen molar-refractivity contribution in [2.24, 2.45) is 5.41 Å². The zero-order chi connectivity index (χ0) is 42.4. The molecule has 0 fully saturated rings. The fourth-order valence-corrected chi connectivity index (χ4v) is 18.6. The van der Waals surface area contributed by atoms with Gasteiger partial charge in [0, 0.05) is 25.0 Å². The van der Waals surface area contributed by atoms with E-state index in [0.29, 0.717) is 13.2 Å². The summed E-state index contributed by atoms with van der Waals surface area (Å²) in [6.07, 6.45) is 11.3. The normalized spacial score (nSPS) is 15.6. The summed E-state index contributed by atoms with van der Waals surface area (Å²) in [6.45, 7) is 1.14. The first kappa shape index (κ1) is 40.7. The van der Waals surface area contributed by atoms with Gasteiger partial charge in [-0.2, -0.15) is 0 Å². The Labute approximate surface area is 375 Å². The molecule has 0 amide bonds. The lowest BCUT2D eigenvalue weighted by molar-refractivity contribution is 0.117. The molecular formula is C59H52O2Si2. The second kappa shape index (κ2) is 18.1. The maximum Gasteiger partial charge on any atom is 0.288 e. The minimum Gasteiger partial charge on any atom is -0.404 e. The van der Waals surface area contributed by atoms with Gasteiger partial charge < -0.3 is 8.85 Å². The molecule has 0 saturated heterocycles. The Kier molecular flexibility index (Phi) is 11.7. The summed E-state index contributed by atoms with van der Waals surface area (Å²) in [5.41, 5.74) is 5.04. The third-order valence-electron chi connectivity index (χ3n) is 13.7. The van der Waals surface area contributed by atoms with Gasteiger partial charge in [0.25, 0.3) is 16.6 Å². The number of hydrogen-bond donors (Lipinski definition) is 0. The lowest BCUT2D eigenvalue weighted by atomic mass is 9.60. The van der Waals surface area contributed by atoms with E-state index in [0.717, 1.165) is 12.8 Å². The summed E-state index contributed by atoms with van der Waals surface area (Å²) in [5, 5.41) is 7.49. The van der Waals surface area contributed by atoms with Crippen molar-refractivity contribution in [3.63, 3.8) is 0 Å². The summed E-state index contributed by atoms with van der Waals surface area (Å²) >= 11 is 0. The third-order valence-corrected chi connectivity index (χ3v) is 21.8. The van der Waals surface area contributed by atoms with E-state index in [1.54, 1.807) is 0 Å². The van der Waals surface area contributed by atoms with E-state index in [-0.39, 0.29) is 17.3 Å². The molecule has 0 bridgehead atoms. The standard InChI is InChI=1S/C59H52O2Si2/c1-7-25-49(26-8-1)62(50-27-9-2-10-28-50,51-29-11-3-12-30-51)60-45-43-59(57-41-39-47-23-19-21-37-55(47)57,58-42-40-48-24-20-22-38-56(48)58)44-46-61-63(52-31-13-4-14-32-52,53-33-15-5-16-34-53)54-35-17-6-18-36-54/h1-42,57-58H,43-46H2. The predicted octanol–water partition coefficient (Wildman–Crippen LogP) is 9.74. The molecule has 2 nitrogen and oxygen atoms in total. The van der Waals surface area contributed by atoms with Crippen LogP contribution >= 0.6 is 0 Å². The van der Waals surface area contributed by atoms with E-state index in [4.69, 9.17) is 8.85 Å². The van der Waals surface area contributed by atoms with Gasteiger partial charge in [0.1, 0.15) is 0 Å². The van der Waals surface area contributed by atoms with E-state index in [2.05, 4.69) is 255 Å². The number of hydrogen-bond acceptors (Lipinski definition) is 2. The van der Waals surface area contributed by atoms with Gasteiger partial charge in [-0.25, -0.2) is 0 Å². The van der Waals surface area contributed by atoms with Crippen molar-refractivity contribution in [3.8, 4) is 0 Å². The van der Waals surface area contributed by atoms with Gasteiger partial charge in [-0.1, -0.05) is 255 Å². The Bertz CT molecular complexity index is 2400. The first-order valence-corrected chi connectivity index (χ1v) is 26.2. The molecule has 4 heteroatoms. The van der Waals surface area contributed by atoms with Crippen molar-refractivity contribution in [1.82, 2.24) is 0 Å². The van der Waals surface area contributed by atoms with E-state index < -0.39 is 16.6 Å². The third kappa shape index (κ3) is 7.53. The number of benzene rings is 8. The van der Waals surface area contributed by atoms with E-state index >= 15 is 0 Å². The molecule has 0 radical (unpaired) electrons. The molecule has 2 aliphatic carbocycles. The lowest BCUT2D eigenvalue weighted by Crippen LogP contribution is -2.69. The predicted molar refractivity (Wildman–Crippen MR) is 268 cm³/mol. The van der Waals surface area contributed by atoms with Gasteiger partial charge in [-0.15, -0.1) is 0 Å². The van der Waals surface area contributed by atoms with Crippen molar-refractivity contribution in [1.29, 1.82) is 0 Å². The number of allylic oxidation sites excluding steroid dienone is 2. The summed E-state index contributed by atoms with van der Waals surface area (Å²) in [5.74, 6) is 0.258. The highest BCUT2D eigenvalue weighted by molar-refractivity contribution is 7.07. The van der Waals surface area contributed by atoms with Crippen molar-refractivity contribution >= 4 is 59.9 Å². The Morgan fingerprint density at radius 2 is 0.571 bits per heavy atom. The van der Waals surface area contributed by atoms with Crippen LogP contribution in [0, 0.1) is 5.41 Å². The van der Waals surface area contributed by atoms with Crippen LogP contribution in [0.25, 0.3) is 12.2 Å². The Morgan fingerprint density at radius 3 is 0.857 bits per heavy atom. The molecule has 2 aliphatic rings. The van der Waals surface area contributed by atoms with Crippen molar-refractivity contribution in [2.45, 2.75) is 24.7 Å². The van der Waals surface area contributed by atoms with Gasteiger partial charge in [0.05, 0.1) is 0 Å². The molecule has 0 aliphatic heterocycles. The van der Waals surface area contributed by atoms with Crippen LogP contribution < -0.4 is 31.1 Å². The maximum absolute atomic E-state index is 7.85. The molecule has 2 atom stereocenters. The van der Waals surface area contributed by atoms with Crippen molar-refractivity contribution in [3.05, 3.63) is 265 Å². The average molecular weight is 849 g/mol. The minimum absolute atomic E-state index is 0.129. The highest BCUT2D eigenvalue weighted by atomic mass is 28.4. The van der Waals surface area contributed by atoms with Gasteiger partial charge in [0.15, 0.2) is 0 Å². The fraction of sp³-hybridized carbons (Fsp3) is 0.119. The summed E-state index contributed by atoms with van der Waals surface area (Å²) < 4.78 is 15.7. The molecular weight excluding hydrogens is 797 g/mol. The number of fused-ring (bicyclic) bond motifs is 2. The molecule has 8 aromatic carbocycles. The Balaban J connectivity index is 1.12. The highest BCUT2D eigenvalue weighted by Crippen LogP contribution is 2.58. The molecule has 10 rings (SSSR count).